The maximum absolute atomic E-state index is 12.5. The molecule has 0 aliphatic carbocycles. The molecule has 1 heterocycles. The molecule has 2 N–H and O–H groups in total. The Morgan fingerprint density at radius 3 is 2.35 bits per heavy atom. The summed E-state index contributed by atoms with van der Waals surface area (Å²) in [5.41, 5.74) is 5.50. The molecule has 2 rings (SSSR count). The fraction of sp³-hybridized carbons (Fsp3) is 0.0714. The van der Waals surface area contributed by atoms with Gasteiger partial charge in [0.05, 0.1) is 5.56 Å². The fourth-order valence-corrected chi connectivity index (χ4v) is 1.74. The normalized spacial score (nSPS) is 11.9. The molecule has 0 fully saturated rings. The maximum atomic E-state index is 12.5. The van der Waals surface area contributed by atoms with Gasteiger partial charge in [0.1, 0.15) is 0 Å². The number of hydrogen-bond acceptors (Lipinski definition) is 1. The molecule has 0 unspecified atom stereocenters. The summed E-state index contributed by atoms with van der Waals surface area (Å²) in [4.78, 5) is 10.7. The van der Waals surface area contributed by atoms with E-state index in [1.807, 2.05) is 0 Å². The van der Waals surface area contributed by atoms with Crippen LogP contribution in [0, 0.1) is 0 Å². The number of aromatic nitrogens is 1. The zero-order valence-electron chi connectivity index (χ0n) is 10.3. The first kappa shape index (κ1) is 13.9. The van der Waals surface area contributed by atoms with E-state index in [-0.39, 0.29) is 0 Å². The van der Waals surface area contributed by atoms with Gasteiger partial charge in [0.15, 0.2) is 0 Å². The summed E-state index contributed by atoms with van der Waals surface area (Å²) >= 11 is 0. The molecule has 20 heavy (non-hydrogen) atoms. The number of nitrogens with two attached hydrogens (primary N) is 1. The van der Waals surface area contributed by atoms with Crippen molar-refractivity contribution in [1.29, 1.82) is 0 Å². The lowest BCUT2D eigenvalue weighted by atomic mass is 10.2. The van der Waals surface area contributed by atoms with Gasteiger partial charge in [0, 0.05) is 23.7 Å². The molecule has 0 aliphatic rings. The Bertz CT molecular complexity index is 639. The SMILES string of the molecule is NC(=O)/C=C/c1cccn1-c1ccc(C(F)(F)F)cc1. The van der Waals surface area contributed by atoms with Gasteiger partial charge < -0.3 is 10.3 Å². The van der Waals surface area contributed by atoms with E-state index in [4.69, 9.17) is 5.73 Å². The Hall–Kier alpha value is -2.50. The third kappa shape index (κ3) is 3.09. The Kier molecular flexibility index (Phi) is 3.65. The van der Waals surface area contributed by atoms with Gasteiger partial charge in [-0.2, -0.15) is 13.2 Å². The second-order valence-corrected chi connectivity index (χ2v) is 4.08. The van der Waals surface area contributed by atoms with Crippen molar-refractivity contribution in [2.45, 2.75) is 6.18 Å². The molecule has 6 heteroatoms. The number of primary amides is 1. The Labute approximate surface area is 113 Å². The van der Waals surface area contributed by atoms with Crippen molar-refractivity contribution < 1.29 is 18.0 Å². The molecular weight excluding hydrogens is 269 g/mol. The van der Waals surface area contributed by atoms with Gasteiger partial charge in [-0.05, 0) is 42.5 Å². The van der Waals surface area contributed by atoms with Crippen LogP contribution in [0.15, 0.2) is 48.7 Å². The number of halogens is 3. The first-order chi connectivity index (χ1) is 9.38. The van der Waals surface area contributed by atoms with Gasteiger partial charge in [-0.1, -0.05) is 0 Å². The highest BCUT2D eigenvalue weighted by atomic mass is 19.4. The summed E-state index contributed by atoms with van der Waals surface area (Å²) in [7, 11) is 0. The summed E-state index contributed by atoms with van der Waals surface area (Å²) in [6.45, 7) is 0. The van der Waals surface area contributed by atoms with E-state index in [1.54, 1.807) is 22.9 Å². The van der Waals surface area contributed by atoms with E-state index < -0.39 is 17.6 Å². The predicted molar refractivity (Wildman–Crippen MR) is 69.0 cm³/mol. The second kappa shape index (κ2) is 5.24. The average Bonchev–Trinajstić information content (AvgIpc) is 2.83. The monoisotopic (exact) mass is 280 g/mol. The molecule has 0 aliphatic heterocycles. The Balaban J connectivity index is 2.33. The summed E-state index contributed by atoms with van der Waals surface area (Å²) in [6.07, 6.45) is 0.0170. The summed E-state index contributed by atoms with van der Waals surface area (Å²) < 4.78 is 39.1. The number of alkyl halides is 3. The topological polar surface area (TPSA) is 48.0 Å². The first-order valence-corrected chi connectivity index (χ1v) is 5.70. The molecule has 104 valence electrons. The number of hydrogen-bond donors (Lipinski definition) is 1. The molecular formula is C14H11F3N2O. The highest BCUT2D eigenvalue weighted by Gasteiger charge is 2.29. The molecule has 2 aromatic rings. The van der Waals surface area contributed by atoms with Crippen molar-refractivity contribution in [3.05, 3.63) is 59.9 Å². The van der Waals surface area contributed by atoms with Crippen LogP contribution in [0.5, 0.6) is 0 Å². The molecule has 0 bridgehead atoms. The molecule has 0 saturated heterocycles. The zero-order chi connectivity index (χ0) is 14.8. The highest BCUT2D eigenvalue weighted by molar-refractivity contribution is 5.90. The number of nitrogens with zero attached hydrogens (tertiary/aromatic N) is 1. The summed E-state index contributed by atoms with van der Waals surface area (Å²) in [5, 5.41) is 0. The lowest BCUT2D eigenvalue weighted by Crippen LogP contribution is -2.06. The van der Waals surface area contributed by atoms with E-state index >= 15 is 0 Å². The van der Waals surface area contributed by atoms with Crippen LogP contribution in [-0.2, 0) is 11.0 Å². The summed E-state index contributed by atoms with van der Waals surface area (Å²) in [5.74, 6) is -0.592. The van der Waals surface area contributed by atoms with Crippen molar-refractivity contribution in [2.24, 2.45) is 5.73 Å². The molecule has 1 aromatic carbocycles. The molecule has 0 saturated carbocycles. The van der Waals surface area contributed by atoms with E-state index in [2.05, 4.69) is 0 Å². The average molecular weight is 280 g/mol. The highest BCUT2D eigenvalue weighted by Crippen LogP contribution is 2.29. The molecule has 1 amide bonds. The molecule has 0 atom stereocenters. The van der Waals surface area contributed by atoms with Crippen LogP contribution in [-0.4, -0.2) is 10.5 Å². The van der Waals surface area contributed by atoms with Gasteiger partial charge in [0.25, 0.3) is 0 Å². The van der Waals surface area contributed by atoms with Gasteiger partial charge in [0.2, 0.25) is 5.91 Å². The Morgan fingerprint density at radius 1 is 1.15 bits per heavy atom. The molecule has 1 aromatic heterocycles. The third-order valence-electron chi connectivity index (χ3n) is 2.67. The van der Waals surface area contributed by atoms with E-state index in [9.17, 15) is 18.0 Å². The van der Waals surface area contributed by atoms with Crippen molar-refractivity contribution in [3.8, 4) is 5.69 Å². The fourth-order valence-electron chi connectivity index (χ4n) is 1.74. The minimum atomic E-state index is -4.36. The van der Waals surface area contributed by atoms with Gasteiger partial charge in [-0.3, -0.25) is 4.79 Å². The van der Waals surface area contributed by atoms with Crippen molar-refractivity contribution >= 4 is 12.0 Å². The van der Waals surface area contributed by atoms with Crippen LogP contribution < -0.4 is 5.73 Å². The second-order valence-electron chi connectivity index (χ2n) is 4.08. The van der Waals surface area contributed by atoms with Crippen molar-refractivity contribution in [2.75, 3.05) is 0 Å². The minimum Gasteiger partial charge on any atom is -0.366 e. The summed E-state index contributed by atoms with van der Waals surface area (Å²) in [6, 6.07) is 8.19. The maximum Gasteiger partial charge on any atom is 0.416 e. The Morgan fingerprint density at radius 2 is 1.80 bits per heavy atom. The van der Waals surface area contributed by atoms with E-state index in [0.717, 1.165) is 12.1 Å². The van der Waals surface area contributed by atoms with Crippen molar-refractivity contribution in [1.82, 2.24) is 4.57 Å². The molecule has 0 radical (unpaired) electrons. The number of benzene rings is 1. The predicted octanol–water partition coefficient (Wildman–Crippen LogP) is 2.99. The minimum absolute atomic E-state index is 0.562. The van der Waals surface area contributed by atoms with Crippen molar-refractivity contribution in [3.63, 3.8) is 0 Å². The lowest BCUT2D eigenvalue weighted by Gasteiger charge is -2.10. The largest absolute Gasteiger partial charge is 0.416 e. The van der Waals surface area contributed by atoms with Crippen LogP contribution >= 0.6 is 0 Å². The lowest BCUT2D eigenvalue weighted by molar-refractivity contribution is -0.137. The molecule has 3 nitrogen and oxygen atoms in total. The number of carbonyl (C=O) groups excluding carboxylic acids is 1. The van der Waals surface area contributed by atoms with E-state index in [1.165, 1.54) is 24.3 Å². The van der Waals surface area contributed by atoms with Gasteiger partial charge in [-0.15, -0.1) is 0 Å². The van der Waals surface area contributed by atoms with Crippen LogP contribution in [0.3, 0.4) is 0 Å². The zero-order valence-corrected chi connectivity index (χ0v) is 10.3. The van der Waals surface area contributed by atoms with Crippen LogP contribution in [0.2, 0.25) is 0 Å². The van der Waals surface area contributed by atoms with E-state index in [0.29, 0.717) is 11.4 Å². The van der Waals surface area contributed by atoms with Gasteiger partial charge >= 0.3 is 6.18 Å². The van der Waals surface area contributed by atoms with Crippen LogP contribution in [0.25, 0.3) is 11.8 Å². The van der Waals surface area contributed by atoms with Crippen LogP contribution in [0.4, 0.5) is 13.2 Å². The van der Waals surface area contributed by atoms with Gasteiger partial charge in [-0.25, -0.2) is 0 Å². The first-order valence-electron chi connectivity index (χ1n) is 5.70. The number of carbonyl (C=O) groups is 1. The number of rotatable bonds is 3. The van der Waals surface area contributed by atoms with Crippen LogP contribution in [0.1, 0.15) is 11.3 Å². The standard InChI is InChI=1S/C14H11F3N2O/c15-14(16,17)10-3-5-12(6-4-10)19-9-1-2-11(19)7-8-13(18)20/h1-9H,(H2,18,20)/b8-7+. The third-order valence-corrected chi connectivity index (χ3v) is 2.67. The quantitative estimate of drug-likeness (QED) is 0.863. The number of amides is 1. The molecule has 0 spiro atoms. The smallest absolute Gasteiger partial charge is 0.366 e.